The second-order valence-corrected chi connectivity index (χ2v) is 14.7. The second-order valence-electron chi connectivity index (χ2n) is 14.7. The summed E-state index contributed by atoms with van der Waals surface area (Å²) in [5.74, 6) is -0.710. The van der Waals surface area contributed by atoms with E-state index in [-0.39, 0.29) is 12.8 Å². The fourth-order valence-corrected chi connectivity index (χ4v) is 6.56. The van der Waals surface area contributed by atoms with Gasteiger partial charge < -0.3 is 50.5 Å². The molecule has 1 aliphatic heterocycles. The Morgan fingerprint density at radius 3 is 1.69 bits per heavy atom. The molecule has 0 aliphatic carbocycles. The van der Waals surface area contributed by atoms with Crippen LogP contribution in [0.1, 0.15) is 168 Å². The van der Waals surface area contributed by atoms with Gasteiger partial charge in [-0.1, -0.05) is 148 Å². The Kier molecular flexibility index (Phi) is 29.3. The molecule has 1 heterocycles. The predicted octanol–water partition coefficient (Wildman–Crippen LogP) is 5.33. The van der Waals surface area contributed by atoms with Gasteiger partial charge in [0, 0.05) is 0 Å². The van der Waals surface area contributed by atoms with Gasteiger partial charge in [0.1, 0.15) is 36.6 Å². The van der Waals surface area contributed by atoms with E-state index in [1.54, 1.807) is 0 Å². The molecule has 0 aromatic carbocycles. The highest BCUT2D eigenvalue weighted by molar-refractivity contribution is 5.80. The molecule has 9 atom stereocenters. The minimum atomic E-state index is -1.66. The van der Waals surface area contributed by atoms with Crippen molar-refractivity contribution in [3.8, 4) is 0 Å². The van der Waals surface area contributed by atoms with E-state index in [1.165, 1.54) is 89.9 Å². The summed E-state index contributed by atoms with van der Waals surface area (Å²) in [6.45, 7) is 3.28. The smallest absolute Gasteiger partial charge is 0.249 e. The number of hydrogen-bond donors (Lipinski definition) is 8. The number of carbonyl (C=O) groups is 1. The fraction of sp³-hybridized carbons (Fsp3) is 0.925. The number of hydrogen-bond acceptors (Lipinski definition) is 10. The maximum atomic E-state index is 13.0. The van der Waals surface area contributed by atoms with Gasteiger partial charge >= 0.3 is 0 Å². The zero-order valence-electron chi connectivity index (χ0n) is 32.1. The molecule has 0 spiro atoms. The molecule has 0 saturated carbocycles. The maximum Gasteiger partial charge on any atom is 0.249 e. The topological polar surface area (TPSA) is 189 Å². The van der Waals surface area contributed by atoms with Gasteiger partial charge in [0.05, 0.1) is 25.4 Å². The van der Waals surface area contributed by atoms with Crippen LogP contribution in [0.5, 0.6) is 0 Å². The maximum absolute atomic E-state index is 13.0. The first-order valence-electron chi connectivity index (χ1n) is 20.6. The lowest BCUT2D eigenvalue weighted by molar-refractivity contribution is -0.303. The third kappa shape index (κ3) is 22.0. The van der Waals surface area contributed by atoms with Crippen LogP contribution in [0.3, 0.4) is 0 Å². The Bertz CT molecular complexity index is 846. The third-order valence-electron chi connectivity index (χ3n) is 10.0. The van der Waals surface area contributed by atoms with Crippen LogP contribution in [0.15, 0.2) is 12.2 Å². The van der Waals surface area contributed by atoms with Crippen molar-refractivity contribution in [1.29, 1.82) is 0 Å². The molecular formula is C40H77NO10. The van der Waals surface area contributed by atoms with E-state index in [2.05, 4.69) is 25.2 Å². The summed E-state index contributed by atoms with van der Waals surface area (Å²) in [6, 6.07) is -1.18. The Labute approximate surface area is 309 Å². The van der Waals surface area contributed by atoms with Crippen LogP contribution >= 0.6 is 0 Å². The molecule has 0 aromatic heterocycles. The Hall–Kier alpha value is -1.15. The van der Waals surface area contributed by atoms with Gasteiger partial charge in [-0.15, -0.1) is 0 Å². The van der Waals surface area contributed by atoms with E-state index < -0.39 is 74.2 Å². The SMILES string of the molecule is CCC/C=C/CCCC(O)C(O)C(COC1OC(CO)C(O)C(O)C1O)NC(=O)C(O)CCCCCCCCCCCCCCCCCCCC. The first kappa shape index (κ1) is 47.9. The number of unbranched alkanes of at least 4 members (excludes halogenated alkanes) is 19. The van der Waals surface area contributed by atoms with Gasteiger partial charge in [-0.05, 0) is 32.1 Å². The Morgan fingerprint density at radius 1 is 0.667 bits per heavy atom. The van der Waals surface area contributed by atoms with Crippen molar-refractivity contribution in [1.82, 2.24) is 5.32 Å². The van der Waals surface area contributed by atoms with Crippen molar-refractivity contribution in [3.63, 3.8) is 0 Å². The van der Waals surface area contributed by atoms with E-state index in [0.29, 0.717) is 12.8 Å². The Morgan fingerprint density at radius 2 is 1.18 bits per heavy atom. The van der Waals surface area contributed by atoms with Crippen molar-refractivity contribution < 1.29 is 50.0 Å². The fourth-order valence-electron chi connectivity index (χ4n) is 6.56. The number of allylic oxidation sites excluding steroid dienone is 2. The summed E-state index contributed by atoms with van der Waals surface area (Å²) < 4.78 is 11.0. The molecule has 11 nitrogen and oxygen atoms in total. The van der Waals surface area contributed by atoms with Crippen LogP contribution in [0, 0.1) is 0 Å². The molecule has 1 fully saturated rings. The zero-order chi connectivity index (χ0) is 37.7. The van der Waals surface area contributed by atoms with E-state index in [9.17, 15) is 40.5 Å². The van der Waals surface area contributed by atoms with Gasteiger partial charge in [-0.25, -0.2) is 0 Å². The quantitative estimate of drug-likeness (QED) is 0.0324. The summed E-state index contributed by atoms with van der Waals surface area (Å²) in [7, 11) is 0. The number of nitrogens with one attached hydrogen (secondary N) is 1. The zero-order valence-corrected chi connectivity index (χ0v) is 32.1. The number of aliphatic hydroxyl groups excluding tert-OH is 7. The van der Waals surface area contributed by atoms with Gasteiger partial charge in [0.25, 0.3) is 0 Å². The molecule has 8 N–H and O–H groups in total. The normalized spacial score (nSPS) is 23.4. The number of amides is 1. The van der Waals surface area contributed by atoms with Gasteiger partial charge in [0.15, 0.2) is 6.29 Å². The van der Waals surface area contributed by atoms with Crippen LogP contribution in [-0.4, -0.2) is 110 Å². The van der Waals surface area contributed by atoms with E-state index in [0.717, 1.165) is 38.5 Å². The number of ether oxygens (including phenoxy) is 2. The average molecular weight is 732 g/mol. The molecule has 1 rings (SSSR count). The van der Waals surface area contributed by atoms with Crippen molar-refractivity contribution in [2.24, 2.45) is 0 Å². The minimum Gasteiger partial charge on any atom is -0.394 e. The highest BCUT2D eigenvalue weighted by atomic mass is 16.7. The monoisotopic (exact) mass is 732 g/mol. The number of aliphatic hydroxyl groups is 7. The molecular weight excluding hydrogens is 654 g/mol. The van der Waals surface area contributed by atoms with E-state index >= 15 is 0 Å². The lowest BCUT2D eigenvalue weighted by atomic mass is 9.98. The van der Waals surface area contributed by atoms with Crippen LogP contribution in [0.4, 0.5) is 0 Å². The largest absolute Gasteiger partial charge is 0.394 e. The van der Waals surface area contributed by atoms with Crippen molar-refractivity contribution in [2.75, 3.05) is 13.2 Å². The number of rotatable bonds is 33. The Balaban J connectivity index is 2.40. The van der Waals surface area contributed by atoms with Crippen molar-refractivity contribution >= 4 is 5.91 Å². The lowest BCUT2D eigenvalue weighted by Gasteiger charge is -2.40. The molecule has 51 heavy (non-hydrogen) atoms. The highest BCUT2D eigenvalue weighted by Crippen LogP contribution is 2.23. The summed E-state index contributed by atoms with van der Waals surface area (Å²) in [6.07, 6.45) is 18.9. The average Bonchev–Trinajstić information content (AvgIpc) is 3.13. The molecule has 1 aliphatic rings. The standard InChI is InChI=1S/C40H77NO10/c1-3-5-7-9-11-12-13-14-15-16-17-18-19-20-21-22-24-26-28-33(44)39(49)41-31(35(45)32(43)27-25-23-10-8-6-4-2)30-50-40-38(48)37(47)36(46)34(29-42)51-40/h8,10,31-38,40,42-48H,3-7,9,11-30H2,1-2H3,(H,41,49)/b10-8+. The van der Waals surface area contributed by atoms with Gasteiger partial charge in [-0.2, -0.15) is 0 Å². The molecule has 0 bridgehead atoms. The van der Waals surface area contributed by atoms with Crippen LogP contribution in [-0.2, 0) is 14.3 Å². The predicted molar refractivity (Wildman–Crippen MR) is 201 cm³/mol. The molecule has 9 unspecified atom stereocenters. The first-order valence-corrected chi connectivity index (χ1v) is 20.6. The summed E-state index contributed by atoms with van der Waals surface area (Å²) in [5.41, 5.74) is 0. The first-order chi connectivity index (χ1) is 24.7. The molecule has 302 valence electrons. The van der Waals surface area contributed by atoms with Crippen LogP contribution in [0.25, 0.3) is 0 Å². The second kappa shape index (κ2) is 31.2. The lowest BCUT2D eigenvalue weighted by Crippen LogP contribution is -2.60. The third-order valence-corrected chi connectivity index (χ3v) is 10.0. The van der Waals surface area contributed by atoms with Gasteiger partial charge in [-0.3, -0.25) is 4.79 Å². The van der Waals surface area contributed by atoms with Crippen LogP contribution in [0.2, 0.25) is 0 Å². The number of carbonyl (C=O) groups excluding carboxylic acids is 1. The molecule has 0 aromatic rings. The molecule has 0 radical (unpaired) electrons. The van der Waals surface area contributed by atoms with Crippen LogP contribution < -0.4 is 5.32 Å². The molecule has 11 heteroatoms. The van der Waals surface area contributed by atoms with E-state index in [4.69, 9.17) is 9.47 Å². The molecule has 1 saturated heterocycles. The molecule has 1 amide bonds. The summed E-state index contributed by atoms with van der Waals surface area (Å²) in [4.78, 5) is 13.0. The van der Waals surface area contributed by atoms with Gasteiger partial charge in [0.2, 0.25) is 5.91 Å². The van der Waals surface area contributed by atoms with Crippen molar-refractivity contribution in [3.05, 3.63) is 12.2 Å². The minimum absolute atomic E-state index is 0.256. The van der Waals surface area contributed by atoms with Crippen molar-refractivity contribution in [2.45, 2.75) is 223 Å². The van der Waals surface area contributed by atoms with E-state index in [1.807, 2.05) is 6.08 Å². The highest BCUT2D eigenvalue weighted by Gasteiger charge is 2.44. The summed E-state index contributed by atoms with van der Waals surface area (Å²) >= 11 is 0. The summed E-state index contributed by atoms with van der Waals surface area (Å²) in [5, 5.41) is 74.9.